The SMILES string of the molecule is CCCOc1ccc(NC(=O)C2(OC)CCCCCC2)c2cccnc12. The minimum absolute atomic E-state index is 0.0609. The molecule has 1 aromatic carbocycles. The molecule has 5 heteroatoms. The number of nitrogens with zero attached hydrogens (tertiary/aromatic N) is 1. The number of aromatic nitrogens is 1. The molecule has 5 nitrogen and oxygen atoms in total. The zero-order valence-corrected chi connectivity index (χ0v) is 15.7. The van der Waals surface area contributed by atoms with E-state index in [-0.39, 0.29) is 5.91 Å². The first kappa shape index (κ1) is 18.6. The van der Waals surface area contributed by atoms with Gasteiger partial charge in [0.2, 0.25) is 0 Å². The molecule has 0 atom stereocenters. The third-order valence-corrected chi connectivity index (χ3v) is 5.16. The first-order valence-electron chi connectivity index (χ1n) is 9.57. The number of ether oxygens (including phenoxy) is 2. The van der Waals surface area contributed by atoms with Gasteiger partial charge in [0.25, 0.3) is 5.91 Å². The second-order valence-electron chi connectivity index (χ2n) is 6.93. The van der Waals surface area contributed by atoms with E-state index in [0.717, 1.165) is 67.3 Å². The number of rotatable bonds is 6. The molecule has 0 radical (unpaired) electrons. The second-order valence-corrected chi connectivity index (χ2v) is 6.93. The van der Waals surface area contributed by atoms with Crippen molar-refractivity contribution in [2.24, 2.45) is 0 Å². The van der Waals surface area contributed by atoms with Crippen LogP contribution in [0.5, 0.6) is 5.75 Å². The molecule has 3 rings (SSSR count). The van der Waals surface area contributed by atoms with E-state index in [2.05, 4.69) is 17.2 Å². The Labute approximate surface area is 155 Å². The first-order valence-corrected chi connectivity index (χ1v) is 9.57. The fourth-order valence-corrected chi connectivity index (χ4v) is 3.64. The quantitative estimate of drug-likeness (QED) is 0.762. The molecule has 0 aliphatic heterocycles. The van der Waals surface area contributed by atoms with Crippen LogP contribution in [0, 0.1) is 0 Å². The Bertz CT molecular complexity index is 752. The van der Waals surface area contributed by atoms with Crippen molar-refractivity contribution in [3.05, 3.63) is 30.5 Å². The van der Waals surface area contributed by atoms with Crippen molar-refractivity contribution in [3.63, 3.8) is 0 Å². The van der Waals surface area contributed by atoms with E-state index in [0.29, 0.717) is 6.61 Å². The number of nitrogens with one attached hydrogen (secondary N) is 1. The maximum absolute atomic E-state index is 13.1. The summed E-state index contributed by atoms with van der Waals surface area (Å²) in [6.45, 7) is 2.71. The van der Waals surface area contributed by atoms with Gasteiger partial charge in [0.05, 0.1) is 12.3 Å². The van der Waals surface area contributed by atoms with Gasteiger partial charge in [-0.15, -0.1) is 0 Å². The lowest BCUT2D eigenvalue weighted by Crippen LogP contribution is -2.44. The van der Waals surface area contributed by atoms with Gasteiger partial charge >= 0.3 is 0 Å². The van der Waals surface area contributed by atoms with Crippen molar-refractivity contribution in [2.45, 2.75) is 57.5 Å². The number of carbonyl (C=O) groups excluding carboxylic acids is 1. The molecule has 0 spiro atoms. The highest BCUT2D eigenvalue weighted by Crippen LogP contribution is 2.34. The van der Waals surface area contributed by atoms with Crippen LogP contribution in [0.15, 0.2) is 30.5 Å². The summed E-state index contributed by atoms with van der Waals surface area (Å²) in [7, 11) is 1.65. The van der Waals surface area contributed by atoms with Crippen LogP contribution in [0.1, 0.15) is 51.9 Å². The first-order chi connectivity index (χ1) is 12.7. The van der Waals surface area contributed by atoms with Crippen molar-refractivity contribution >= 4 is 22.5 Å². The average molecular weight is 356 g/mol. The smallest absolute Gasteiger partial charge is 0.256 e. The summed E-state index contributed by atoms with van der Waals surface area (Å²) < 4.78 is 11.5. The highest BCUT2D eigenvalue weighted by Gasteiger charge is 2.38. The second kappa shape index (κ2) is 8.49. The number of hydrogen-bond acceptors (Lipinski definition) is 4. The molecule has 1 aliphatic carbocycles. The zero-order valence-electron chi connectivity index (χ0n) is 15.7. The van der Waals surface area contributed by atoms with Crippen molar-refractivity contribution in [2.75, 3.05) is 19.0 Å². The van der Waals surface area contributed by atoms with E-state index in [4.69, 9.17) is 9.47 Å². The molecule has 0 unspecified atom stereocenters. The lowest BCUT2D eigenvalue weighted by Gasteiger charge is -2.30. The van der Waals surface area contributed by atoms with Gasteiger partial charge in [-0.25, -0.2) is 0 Å². The molecule has 0 bridgehead atoms. The largest absolute Gasteiger partial charge is 0.491 e. The van der Waals surface area contributed by atoms with Gasteiger partial charge in [0, 0.05) is 18.7 Å². The number of fused-ring (bicyclic) bond motifs is 1. The van der Waals surface area contributed by atoms with E-state index < -0.39 is 5.60 Å². The molecule has 1 N–H and O–H groups in total. The molecular weight excluding hydrogens is 328 g/mol. The lowest BCUT2D eigenvalue weighted by molar-refractivity contribution is -0.139. The number of amides is 1. The molecule has 140 valence electrons. The van der Waals surface area contributed by atoms with Crippen molar-refractivity contribution in [1.82, 2.24) is 4.98 Å². The minimum atomic E-state index is -0.734. The van der Waals surface area contributed by atoms with E-state index in [1.54, 1.807) is 13.3 Å². The van der Waals surface area contributed by atoms with Crippen LogP contribution in [0.3, 0.4) is 0 Å². The topological polar surface area (TPSA) is 60.5 Å². The Morgan fingerprint density at radius 1 is 1.19 bits per heavy atom. The number of hydrogen-bond donors (Lipinski definition) is 1. The third kappa shape index (κ3) is 3.83. The van der Waals surface area contributed by atoms with Crippen LogP contribution >= 0.6 is 0 Å². The summed E-state index contributed by atoms with van der Waals surface area (Å²) in [4.78, 5) is 17.5. The highest BCUT2D eigenvalue weighted by molar-refractivity contribution is 6.05. The predicted molar refractivity (Wildman–Crippen MR) is 104 cm³/mol. The summed E-state index contributed by atoms with van der Waals surface area (Å²) >= 11 is 0. The lowest BCUT2D eigenvalue weighted by atomic mass is 9.93. The summed E-state index contributed by atoms with van der Waals surface area (Å²) in [5.41, 5.74) is 0.788. The molecular formula is C21H28N2O3. The van der Waals surface area contributed by atoms with Crippen molar-refractivity contribution in [3.8, 4) is 5.75 Å². The summed E-state index contributed by atoms with van der Waals surface area (Å²) in [6.07, 6.45) is 8.58. The van der Waals surface area contributed by atoms with E-state index in [1.165, 1.54) is 0 Å². The number of carbonyl (C=O) groups is 1. The Morgan fingerprint density at radius 2 is 1.96 bits per heavy atom. The van der Waals surface area contributed by atoms with Gasteiger partial charge in [0.1, 0.15) is 16.9 Å². The summed E-state index contributed by atoms with van der Waals surface area (Å²) in [6, 6.07) is 7.61. The van der Waals surface area contributed by atoms with Crippen LogP contribution in [0.25, 0.3) is 10.9 Å². The number of methoxy groups -OCH3 is 1. The standard InChI is InChI=1S/C21H28N2O3/c1-3-15-26-18-11-10-17(16-9-8-14-22-19(16)18)23-20(24)21(25-2)12-6-4-5-7-13-21/h8-11,14H,3-7,12-13,15H2,1-2H3,(H,23,24). The number of anilines is 1. The molecule has 1 aromatic heterocycles. The average Bonchev–Trinajstić information content (AvgIpc) is 2.94. The fraction of sp³-hybridized carbons (Fsp3) is 0.524. The summed E-state index contributed by atoms with van der Waals surface area (Å²) in [5.74, 6) is 0.686. The highest BCUT2D eigenvalue weighted by atomic mass is 16.5. The van der Waals surface area contributed by atoms with Gasteiger partial charge in [0.15, 0.2) is 0 Å². The van der Waals surface area contributed by atoms with Gasteiger partial charge in [-0.3, -0.25) is 9.78 Å². The molecule has 1 amide bonds. The summed E-state index contributed by atoms with van der Waals surface area (Å²) in [5, 5.41) is 3.98. The predicted octanol–water partition coefficient (Wildman–Crippen LogP) is 4.70. The maximum Gasteiger partial charge on any atom is 0.256 e. The molecule has 26 heavy (non-hydrogen) atoms. The zero-order chi connectivity index (χ0) is 18.4. The number of pyridine rings is 1. The van der Waals surface area contributed by atoms with E-state index in [1.807, 2.05) is 24.3 Å². The number of benzene rings is 1. The Morgan fingerprint density at radius 3 is 2.65 bits per heavy atom. The molecule has 1 saturated carbocycles. The van der Waals surface area contributed by atoms with Crippen LogP contribution in [-0.4, -0.2) is 30.2 Å². The molecule has 1 fully saturated rings. The maximum atomic E-state index is 13.1. The molecule has 1 heterocycles. The van der Waals surface area contributed by atoms with E-state index in [9.17, 15) is 4.79 Å². The van der Waals surface area contributed by atoms with Gasteiger partial charge in [-0.1, -0.05) is 32.6 Å². The fourth-order valence-electron chi connectivity index (χ4n) is 3.64. The van der Waals surface area contributed by atoms with Gasteiger partial charge < -0.3 is 14.8 Å². The van der Waals surface area contributed by atoms with Crippen molar-refractivity contribution < 1.29 is 14.3 Å². The van der Waals surface area contributed by atoms with Gasteiger partial charge in [-0.2, -0.15) is 0 Å². The van der Waals surface area contributed by atoms with Crippen molar-refractivity contribution in [1.29, 1.82) is 0 Å². The van der Waals surface area contributed by atoms with Crippen LogP contribution in [0.4, 0.5) is 5.69 Å². The Balaban J connectivity index is 1.89. The monoisotopic (exact) mass is 356 g/mol. The Kier molecular flexibility index (Phi) is 6.09. The van der Waals surface area contributed by atoms with Crippen LogP contribution in [-0.2, 0) is 9.53 Å². The molecule has 1 aliphatic rings. The van der Waals surface area contributed by atoms with Crippen LogP contribution in [0.2, 0.25) is 0 Å². The van der Waals surface area contributed by atoms with Gasteiger partial charge in [-0.05, 0) is 43.5 Å². The van der Waals surface area contributed by atoms with E-state index >= 15 is 0 Å². The minimum Gasteiger partial charge on any atom is -0.491 e. The molecule has 2 aromatic rings. The normalized spacial score (nSPS) is 16.8. The Hall–Kier alpha value is -2.14. The van der Waals surface area contributed by atoms with Crippen LogP contribution < -0.4 is 10.1 Å². The molecule has 0 saturated heterocycles. The third-order valence-electron chi connectivity index (χ3n) is 5.16.